The molecule has 2 atom stereocenters. The van der Waals surface area contributed by atoms with E-state index in [-0.39, 0.29) is 0 Å². The minimum absolute atomic E-state index is 0.444. The lowest BCUT2D eigenvalue weighted by atomic mass is 9.78. The molecule has 0 saturated carbocycles. The largest absolute Gasteiger partial charge is 0.355 e. The van der Waals surface area contributed by atoms with E-state index in [0.29, 0.717) is 17.4 Å². The Morgan fingerprint density at radius 1 is 1.15 bits per heavy atom. The van der Waals surface area contributed by atoms with E-state index in [1.165, 1.54) is 51.9 Å². The fourth-order valence-electron chi connectivity index (χ4n) is 4.77. The summed E-state index contributed by atoms with van der Waals surface area (Å²) in [6.45, 7) is 17.5. The average molecular weight is 366 g/mol. The highest BCUT2D eigenvalue weighted by atomic mass is 15.3. The zero-order chi connectivity index (χ0) is 19.2. The van der Waals surface area contributed by atoms with Crippen LogP contribution in [0, 0.1) is 11.3 Å². The summed E-state index contributed by atoms with van der Waals surface area (Å²) >= 11 is 0. The minimum atomic E-state index is 0.444. The fourth-order valence-corrected chi connectivity index (χ4v) is 4.77. The Hall–Kier alpha value is -0.810. The zero-order valence-electron chi connectivity index (χ0n) is 18.2. The molecule has 2 saturated heterocycles. The van der Waals surface area contributed by atoms with Gasteiger partial charge in [0.15, 0.2) is 5.96 Å². The van der Waals surface area contributed by atoms with Crippen LogP contribution in [-0.4, -0.2) is 86.6 Å². The molecule has 0 aliphatic carbocycles. The molecule has 0 amide bonds. The Bertz CT molecular complexity index is 438. The van der Waals surface area contributed by atoms with Crippen molar-refractivity contribution in [2.24, 2.45) is 16.3 Å². The number of nitrogens with zero attached hydrogens (tertiary/aromatic N) is 4. The van der Waals surface area contributed by atoms with Crippen molar-refractivity contribution in [1.29, 1.82) is 0 Å². The predicted octanol–water partition coefficient (Wildman–Crippen LogP) is 2.74. The van der Waals surface area contributed by atoms with Crippen molar-refractivity contribution in [3.63, 3.8) is 0 Å². The van der Waals surface area contributed by atoms with E-state index in [4.69, 9.17) is 0 Å². The third-order valence-electron chi connectivity index (χ3n) is 6.39. The van der Waals surface area contributed by atoms with Gasteiger partial charge in [0.25, 0.3) is 0 Å². The zero-order valence-corrected chi connectivity index (χ0v) is 18.2. The van der Waals surface area contributed by atoms with Gasteiger partial charge in [-0.05, 0) is 37.6 Å². The second-order valence-electron chi connectivity index (χ2n) is 9.16. The molecule has 2 rings (SSSR count). The van der Waals surface area contributed by atoms with Gasteiger partial charge in [-0.15, -0.1) is 0 Å². The minimum Gasteiger partial charge on any atom is -0.355 e. The van der Waals surface area contributed by atoms with Crippen molar-refractivity contribution < 1.29 is 0 Å². The standard InChI is InChI=1S/C21H43N5/c1-7-9-21(4)10-8-11-26(17-21)20(22-5)23-16-19(18(2)3)25-14-12-24(6)13-15-25/h18-19H,7-17H2,1-6H3,(H,22,23). The molecule has 2 aliphatic rings. The summed E-state index contributed by atoms with van der Waals surface area (Å²) in [6.07, 6.45) is 5.22. The molecular weight excluding hydrogens is 322 g/mol. The third kappa shape index (κ3) is 5.85. The van der Waals surface area contributed by atoms with E-state index >= 15 is 0 Å². The molecule has 0 bridgehead atoms. The predicted molar refractivity (Wildman–Crippen MR) is 113 cm³/mol. The van der Waals surface area contributed by atoms with E-state index in [2.05, 4.69) is 59.8 Å². The molecule has 2 heterocycles. The number of piperazine rings is 1. The number of likely N-dealkylation sites (N-methyl/N-ethyl adjacent to an activating group) is 1. The molecule has 0 radical (unpaired) electrons. The summed E-state index contributed by atoms with van der Waals surface area (Å²) in [5.74, 6) is 1.75. The summed E-state index contributed by atoms with van der Waals surface area (Å²) < 4.78 is 0. The third-order valence-corrected chi connectivity index (χ3v) is 6.39. The number of likely N-dealkylation sites (tertiary alicyclic amines) is 1. The van der Waals surface area contributed by atoms with Gasteiger partial charge in [0.2, 0.25) is 0 Å². The number of hydrogen-bond donors (Lipinski definition) is 1. The molecule has 0 spiro atoms. The summed E-state index contributed by atoms with van der Waals surface area (Å²) in [4.78, 5) is 12.2. The summed E-state index contributed by atoms with van der Waals surface area (Å²) in [7, 11) is 4.17. The van der Waals surface area contributed by atoms with Gasteiger partial charge in [0, 0.05) is 58.9 Å². The summed E-state index contributed by atoms with van der Waals surface area (Å²) in [6, 6.07) is 0.576. The van der Waals surface area contributed by atoms with Crippen LogP contribution in [-0.2, 0) is 0 Å². The van der Waals surface area contributed by atoms with Crippen LogP contribution in [0.5, 0.6) is 0 Å². The number of nitrogens with one attached hydrogen (secondary N) is 1. The highest BCUT2D eigenvalue weighted by Crippen LogP contribution is 2.33. The lowest BCUT2D eigenvalue weighted by molar-refractivity contribution is 0.0887. The lowest BCUT2D eigenvalue weighted by Gasteiger charge is -2.43. The quantitative estimate of drug-likeness (QED) is 0.580. The Kier molecular flexibility index (Phi) is 8.21. The molecule has 2 fully saturated rings. The van der Waals surface area contributed by atoms with Crippen LogP contribution >= 0.6 is 0 Å². The maximum Gasteiger partial charge on any atom is 0.193 e. The Morgan fingerprint density at radius 3 is 2.42 bits per heavy atom. The molecule has 0 aromatic heterocycles. The van der Waals surface area contributed by atoms with Crippen molar-refractivity contribution in [1.82, 2.24) is 20.0 Å². The molecule has 0 aromatic carbocycles. The first kappa shape index (κ1) is 21.5. The average Bonchev–Trinajstić information content (AvgIpc) is 2.59. The van der Waals surface area contributed by atoms with Crippen molar-refractivity contribution in [2.45, 2.75) is 59.4 Å². The van der Waals surface area contributed by atoms with Gasteiger partial charge in [-0.25, -0.2) is 0 Å². The number of rotatable bonds is 6. The van der Waals surface area contributed by atoms with Gasteiger partial charge in [0.05, 0.1) is 0 Å². The first-order valence-corrected chi connectivity index (χ1v) is 10.8. The maximum atomic E-state index is 4.63. The maximum absolute atomic E-state index is 4.63. The van der Waals surface area contributed by atoms with Crippen molar-refractivity contribution in [3.8, 4) is 0 Å². The summed E-state index contributed by atoms with van der Waals surface area (Å²) in [5.41, 5.74) is 0.444. The van der Waals surface area contributed by atoms with Gasteiger partial charge in [0.1, 0.15) is 0 Å². The van der Waals surface area contributed by atoms with E-state index < -0.39 is 0 Å². The van der Waals surface area contributed by atoms with Crippen LogP contribution in [0.15, 0.2) is 4.99 Å². The van der Waals surface area contributed by atoms with Crippen molar-refractivity contribution in [3.05, 3.63) is 0 Å². The molecular formula is C21H43N5. The van der Waals surface area contributed by atoms with Crippen molar-refractivity contribution in [2.75, 3.05) is 59.9 Å². The molecule has 1 N–H and O–H groups in total. The van der Waals surface area contributed by atoms with Crippen LogP contribution in [0.4, 0.5) is 0 Å². The van der Waals surface area contributed by atoms with Gasteiger partial charge >= 0.3 is 0 Å². The van der Waals surface area contributed by atoms with E-state index in [9.17, 15) is 0 Å². The monoisotopic (exact) mass is 365 g/mol. The molecule has 152 valence electrons. The lowest BCUT2D eigenvalue weighted by Crippen LogP contribution is -2.56. The van der Waals surface area contributed by atoms with Gasteiger partial charge in [-0.1, -0.05) is 34.1 Å². The smallest absolute Gasteiger partial charge is 0.193 e. The fraction of sp³-hybridized carbons (Fsp3) is 0.952. The first-order valence-electron chi connectivity index (χ1n) is 10.8. The van der Waals surface area contributed by atoms with E-state index in [1.807, 2.05) is 7.05 Å². The number of guanidine groups is 1. The van der Waals surface area contributed by atoms with Crippen LogP contribution in [0.1, 0.15) is 53.4 Å². The molecule has 2 aliphatic heterocycles. The highest BCUT2D eigenvalue weighted by Gasteiger charge is 2.32. The second kappa shape index (κ2) is 9.93. The van der Waals surface area contributed by atoms with E-state index in [0.717, 1.165) is 25.6 Å². The number of piperidine rings is 1. The number of hydrogen-bond acceptors (Lipinski definition) is 3. The molecule has 0 aromatic rings. The van der Waals surface area contributed by atoms with Crippen LogP contribution in [0.3, 0.4) is 0 Å². The van der Waals surface area contributed by atoms with Crippen LogP contribution in [0.25, 0.3) is 0 Å². The highest BCUT2D eigenvalue weighted by molar-refractivity contribution is 5.80. The second-order valence-corrected chi connectivity index (χ2v) is 9.16. The number of aliphatic imine (C=N–C) groups is 1. The van der Waals surface area contributed by atoms with E-state index in [1.54, 1.807) is 0 Å². The van der Waals surface area contributed by atoms with Gasteiger partial charge in [-0.3, -0.25) is 9.89 Å². The Balaban J connectivity index is 1.93. The Labute approximate surface area is 162 Å². The summed E-state index contributed by atoms with van der Waals surface area (Å²) in [5, 5.41) is 3.73. The Morgan fingerprint density at radius 2 is 1.85 bits per heavy atom. The molecule has 2 unspecified atom stereocenters. The normalized spacial score (nSPS) is 27.8. The van der Waals surface area contributed by atoms with Gasteiger partial charge in [-0.2, -0.15) is 0 Å². The van der Waals surface area contributed by atoms with Crippen molar-refractivity contribution >= 4 is 5.96 Å². The SMILES string of the molecule is CCCC1(C)CCCN(C(=NC)NCC(C(C)C)N2CCN(C)CC2)C1. The van der Waals surface area contributed by atoms with Gasteiger partial charge < -0.3 is 15.1 Å². The molecule has 5 heteroatoms. The molecule has 5 nitrogen and oxygen atoms in total. The van der Waals surface area contributed by atoms with Crippen LogP contribution < -0.4 is 5.32 Å². The van der Waals surface area contributed by atoms with Crippen LogP contribution in [0.2, 0.25) is 0 Å². The topological polar surface area (TPSA) is 34.1 Å². The molecule has 26 heavy (non-hydrogen) atoms. The first-order chi connectivity index (χ1) is 12.4.